The maximum atomic E-state index is 13.8. The fraction of sp³-hybridized carbons (Fsp3) is 0.278. The Hall–Kier alpha value is -3.49. The number of Topliss-reactive ketones (excluding diaryl/α,β-unsaturated/α-hetero) is 1. The van der Waals surface area contributed by atoms with Crippen molar-refractivity contribution in [3.8, 4) is 12.1 Å². The molecular weight excluding hydrogens is 488 g/mol. The van der Waals surface area contributed by atoms with E-state index >= 15 is 0 Å². The van der Waals surface area contributed by atoms with Gasteiger partial charge in [-0.25, -0.2) is 0 Å². The van der Waals surface area contributed by atoms with Crippen LogP contribution < -0.4 is 0 Å². The lowest BCUT2D eigenvalue weighted by atomic mass is 9.84. The highest BCUT2D eigenvalue weighted by Crippen LogP contribution is 2.58. The van der Waals surface area contributed by atoms with Gasteiger partial charge in [-0.2, -0.15) is 63.2 Å². The zero-order valence-corrected chi connectivity index (χ0v) is 15.4. The predicted octanol–water partition coefficient (Wildman–Crippen LogP) is 6.71. The van der Waals surface area contributed by atoms with Gasteiger partial charge in [-0.1, -0.05) is 6.08 Å². The molecule has 0 unspecified atom stereocenters. The lowest BCUT2D eigenvalue weighted by molar-refractivity contribution is -0.182. The molecule has 0 heterocycles. The number of carbonyl (C=O) groups is 1. The van der Waals surface area contributed by atoms with Crippen LogP contribution in [0.1, 0.15) is 45.1 Å². The summed E-state index contributed by atoms with van der Waals surface area (Å²) in [6.45, 7) is 0.807. The number of nitriles is 2. The van der Waals surface area contributed by atoms with Crippen molar-refractivity contribution in [1.82, 2.24) is 0 Å². The molecule has 0 bridgehead atoms. The van der Waals surface area contributed by atoms with Crippen LogP contribution in [0.15, 0.2) is 17.2 Å². The maximum absolute atomic E-state index is 13.8. The van der Waals surface area contributed by atoms with Crippen LogP contribution in [0, 0.1) is 22.7 Å². The molecule has 0 amide bonds. The molecule has 0 radical (unpaired) electrons. The molecule has 1 aromatic rings. The molecule has 1 aliphatic rings. The summed E-state index contributed by atoms with van der Waals surface area (Å²) >= 11 is 0. The van der Waals surface area contributed by atoms with Crippen LogP contribution in [0.2, 0.25) is 0 Å². The van der Waals surface area contributed by atoms with E-state index in [1.54, 1.807) is 0 Å². The first-order chi connectivity index (χ1) is 14.7. The quantitative estimate of drug-likeness (QED) is 0.230. The average molecular weight is 492 g/mol. The van der Waals surface area contributed by atoms with E-state index < -0.39 is 80.6 Å². The van der Waals surface area contributed by atoms with E-state index in [9.17, 15) is 57.5 Å². The Balaban J connectivity index is 3.60. The third kappa shape index (κ3) is 4.03. The van der Waals surface area contributed by atoms with Crippen LogP contribution in [0.4, 0.5) is 52.7 Å². The number of halogens is 12. The molecule has 1 aromatic carbocycles. The van der Waals surface area contributed by atoms with Crippen molar-refractivity contribution in [3.63, 3.8) is 0 Å². The van der Waals surface area contributed by atoms with Crippen LogP contribution in [0.25, 0.3) is 5.57 Å². The van der Waals surface area contributed by atoms with E-state index in [1.807, 2.05) is 0 Å². The highest BCUT2D eigenvalue weighted by atomic mass is 19.4. The molecule has 3 nitrogen and oxygen atoms in total. The molecule has 33 heavy (non-hydrogen) atoms. The molecule has 1 aliphatic carbocycles. The van der Waals surface area contributed by atoms with Gasteiger partial charge in [-0.15, -0.1) is 0 Å². The van der Waals surface area contributed by atoms with E-state index in [1.165, 1.54) is 0 Å². The zero-order chi connectivity index (χ0) is 25.9. The van der Waals surface area contributed by atoms with Gasteiger partial charge >= 0.3 is 24.7 Å². The minimum absolute atomic E-state index is 0.465. The number of nitrogens with zero attached hydrogens (tertiary/aromatic N) is 2. The standard InChI is InChI=1S/C18H4F12N2O/c1-2-6-7(5(3-31)4-32)8-9(14(6)33)11(16(22,23)24)13(18(28,29)30)12(17(25,26)27)10(8)15(19,20)21/h2H,1H3/b6-2+. The maximum Gasteiger partial charge on any atom is 0.417 e. The fourth-order valence-corrected chi connectivity index (χ4v) is 3.42. The monoisotopic (exact) mass is 492 g/mol. The lowest BCUT2D eigenvalue weighted by Gasteiger charge is -2.27. The second kappa shape index (κ2) is 7.54. The number of hydrogen-bond donors (Lipinski definition) is 0. The molecule has 0 aliphatic heterocycles. The minimum atomic E-state index is -6.66. The molecule has 2 rings (SSSR count). The number of fused-ring (bicyclic) bond motifs is 1. The number of carbonyl (C=O) groups excluding carboxylic acids is 1. The molecule has 0 saturated carbocycles. The van der Waals surface area contributed by atoms with Gasteiger partial charge in [0.25, 0.3) is 0 Å². The number of rotatable bonds is 0. The van der Waals surface area contributed by atoms with Crippen molar-refractivity contribution in [2.45, 2.75) is 31.6 Å². The van der Waals surface area contributed by atoms with Crippen molar-refractivity contribution < 1.29 is 57.5 Å². The second-order valence-corrected chi connectivity index (χ2v) is 6.25. The highest BCUT2D eigenvalue weighted by molar-refractivity contribution is 6.29. The molecule has 0 fully saturated rings. The summed E-state index contributed by atoms with van der Waals surface area (Å²) in [7, 11) is 0. The topological polar surface area (TPSA) is 64.7 Å². The Bertz CT molecular complexity index is 1180. The van der Waals surface area contributed by atoms with E-state index in [0.717, 1.165) is 19.1 Å². The fourth-order valence-electron chi connectivity index (χ4n) is 3.42. The first-order valence-corrected chi connectivity index (χ1v) is 8.04. The van der Waals surface area contributed by atoms with Crippen LogP contribution in [-0.4, -0.2) is 5.78 Å². The minimum Gasteiger partial charge on any atom is -0.289 e. The Morgan fingerprint density at radius 3 is 1.27 bits per heavy atom. The molecule has 0 N–H and O–H groups in total. The van der Waals surface area contributed by atoms with Crippen molar-refractivity contribution in [2.24, 2.45) is 0 Å². The van der Waals surface area contributed by atoms with E-state index in [2.05, 4.69) is 0 Å². The van der Waals surface area contributed by atoms with E-state index in [0.29, 0.717) is 6.08 Å². The van der Waals surface area contributed by atoms with E-state index in [-0.39, 0.29) is 0 Å². The molecule has 15 heteroatoms. The number of ketones is 1. The molecule has 0 saturated heterocycles. The van der Waals surface area contributed by atoms with Gasteiger partial charge in [0.05, 0.1) is 22.3 Å². The average Bonchev–Trinajstić information content (AvgIpc) is 2.90. The Labute approximate surface area is 174 Å². The smallest absolute Gasteiger partial charge is 0.289 e. The van der Waals surface area contributed by atoms with Crippen molar-refractivity contribution >= 4 is 11.4 Å². The summed E-state index contributed by atoms with van der Waals surface area (Å²) in [5.41, 5.74) is -23.1. The van der Waals surface area contributed by atoms with Gasteiger partial charge in [-0.3, -0.25) is 4.79 Å². The third-order valence-corrected chi connectivity index (χ3v) is 4.39. The molecule has 0 atom stereocenters. The predicted molar refractivity (Wildman–Crippen MR) is 82.7 cm³/mol. The Kier molecular flexibility index (Phi) is 5.88. The number of alkyl halides is 12. The summed E-state index contributed by atoms with van der Waals surface area (Å²) in [6.07, 6.45) is -25.6. The van der Waals surface area contributed by atoms with Gasteiger partial charge in [-0.05, 0) is 6.92 Å². The van der Waals surface area contributed by atoms with Crippen molar-refractivity contribution in [2.75, 3.05) is 0 Å². The normalized spacial score (nSPS) is 16.0. The van der Waals surface area contributed by atoms with Gasteiger partial charge in [0.1, 0.15) is 17.7 Å². The number of allylic oxidation sites excluding steroid dienone is 4. The van der Waals surface area contributed by atoms with Gasteiger partial charge < -0.3 is 0 Å². The summed E-state index contributed by atoms with van der Waals surface area (Å²) in [5.74, 6) is -2.16. The molecule has 0 spiro atoms. The number of benzene rings is 1. The van der Waals surface area contributed by atoms with Crippen LogP contribution in [0.5, 0.6) is 0 Å². The van der Waals surface area contributed by atoms with Crippen molar-refractivity contribution in [3.05, 3.63) is 50.6 Å². The van der Waals surface area contributed by atoms with Gasteiger partial charge in [0.2, 0.25) is 0 Å². The Morgan fingerprint density at radius 1 is 0.667 bits per heavy atom. The first-order valence-electron chi connectivity index (χ1n) is 8.04. The Morgan fingerprint density at radius 2 is 1.00 bits per heavy atom. The summed E-state index contributed by atoms with van der Waals surface area (Å²) in [6, 6.07) is 1.87. The largest absolute Gasteiger partial charge is 0.417 e. The second-order valence-electron chi connectivity index (χ2n) is 6.25. The lowest BCUT2D eigenvalue weighted by Crippen LogP contribution is -2.30. The first kappa shape index (κ1) is 25.8. The molecule has 0 aromatic heterocycles. The summed E-state index contributed by atoms with van der Waals surface area (Å²) < 4.78 is 163. The highest BCUT2D eigenvalue weighted by Gasteiger charge is 2.60. The van der Waals surface area contributed by atoms with E-state index in [4.69, 9.17) is 10.5 Å². The molecule has 176 valence electrons. The van der Waals surface area contributed by atoms with Gasteiger partial charge in [0, 0.05) is 22.3 Å². The van der Waals surface area contributed by atoms with Crippen molar-refractivity contribution in [1.29, 1.82) is 10.5 Å². The van der Waals surface area contributed by atoms with Crippen LogP contribution in [0.3, 0.4) is 0 Å². The SMILES string of the molecule is C/C=C1/C(=O)c2c(c(C(F)(F)F)c(C(F)(F)F)c(C(F)(F)F)c2C(F)(F)F)C1=C(C#N)C#N. The van der Waals surface area contributed by atoms with Crippen LogP contribution >= 0.6 is 0 Å². The number of hydrogen-bond acceptors (Lipinski definition) is 3. The zero-order valence-electron chi connectivity index (χ0n) is 15.4. The third-order valence-electron chi connectivity index (χ3n) is 4.39. The van der Waals surface area contributed by atoms with Gasteiger partial charge in [0.15, 0.2) is 5.78 Å². The van der Waals surface area contributed by atoms with Crippen LogP contribution in [-0.2, 0) is 24.7 Å². The molecular formula is C18H4F12N2O. The summed E-state index contributed by atoms with van der Waals surface area (Å²) in [5, 5.41) is 17.9. The summed E-state index contributed by atoms with van der Waals surface area (Å²) in [4.78, 5) is 12.5.